The summed E-state index contributed by atoms with van der Waals surface area (Å²) in [7, 11) is 0. The molecule has 0 saturated carbocycles. The molecule has 0 amide bonds. The Morgan fingerprint density at radius 3 is 2.82 bits per heavy atom. The minimum absolute atomic E-state index is 0.417. The van der Waals surface area contributed by atoms with Crippen LogP contribution in [0.15, 0.2) is 6.20 Å². The van der Waals surface area contributed by atoms with Gasteiger partial charge in [-0.2, -0.15) is 4.98 Å². The molecule has 0 aliphatic rings. The molecule has 0 radical (unpaired) electrons. The van der Waals surface area contributed by atoms with E-state index in [9.17, 15) is 0 Å². The predicted molar refractivity (Wildman–Crippen MR) is 71.8 cm³/mol. The number of nitrogen functional groups attached to an aromatic ring is 1. The number of aryl methyl sites for hydroxylation is 1. The number of aromatic nitrogens is 2. The third-order valence-corrected chi connectivity index (χ3v) is 2.72. The Labute approximate surface area is 103 Å². The Hall–Kier alpha value is -1.36. The Bertz CT molecular complexity index is 340. The van der Waals surface area contributed by atoms with Gasteiger partial charge in [0.25, 0.3) is 0 Å². The molecule has 0 aromatic carbocycles. The lowest BCUT2D eigenvalue weighted by molar-refractivity contribution is 0.613. The highest BCUT2D eigenvalue weighted by Crippen LogP contribution is 2.15. The van der Waals surface area contributed by atoms with E-state index in [0.717, 1.165) is 17.8 Å². The van der Waals surface area contributed by atoms with Gasteiger partial charge in [0.1, 0.15) is 5.82 Å². The maximum atomic E-state index is 5.30. The molecule has 17 heavy (non-hydrogen) atoms. The summed E-state index contributed by atoms with van der Waals surface area (Å²) in [6.45, 7) is 6.38. The van der Waals surface area contributed by atoms with Gasteiger partial charge < -0.3 is 5.32 Å². The number of nitrogens with one attached hydrogen (secondary N) is 2. The van der Waals surface area contributed by atoms with Crippen molar-refractivity contribution in [3.05, 3.63) is 11.8 Å². The van der Waals surface area contributed by atoms with Crippen LogP contribution >= 0.6 is 0 Å². The van der Waals surface area contributed by atoms with E-state index in [2.05, 4.69) is 34.6 Å². The van der Waals surface area contributed by atoms with Crippen LogP contribution in [0.3, 0.4) is 0 Å². The lowest BCUT2D eigenvalue weighted by atomic mass is 10.1. The fourth-order valence-corrected chi connectivity index (χ4v) is 1.66. The van der Waals surface area contributed by atoms with Crippen molar-refractivity contribution in [3.63, 3.8) is 0 Å². The molecule has 0 aliphatic carbocycles. The molecule has 1 unspecified atom stereocenters. The maximum Gasteiger partial charge on any atom is 0.239 e. The number of nitrogens with zero attached hydrogens (tertiary/aromatic N) is 2. The molecule has 0 saturated heterocycles. The summed E-state index contributed by atoms with van der Waals surface area (Å²) in [4.78, 5) is 8.35. The summed E-state index contributed by atoms with van der Waals surface area (Å²) in [5.74, 6) is 6.60. The van der Waals surface area contributed by atoms with Crippen molar-refractivity contribution in [3.8, 4) is 0 Å². The number of nitrogens with two attached hydrogens (primary N) is 1. The van der Waals surface area contributed by atoms with Gasteiger partial charge in [-0.15, -0.1) is 0 Å². The van der Waals surface area contributed by atoms with E-state index in [-0.39, 0.29) is 0 Å². The lowest BCUT2D eigenvalue weighted by Crippen LogP contribution is -2.18. The second-order valence-electron chi connectivity index (χ2n) is 4.41. The van der Waals surface area contributed by atoms with E-state index in [1.807, 2.05) is 6.92 Å². The van der Waals surface area contributed by atoms with Gasteiger partial charge >= 0.3 is 0 Å². The van der Waals surface area contributed by atoms with E-state index in [1.54, 1.807) is 6.20 Å². The van der Waals surface area contributed by atoms with Gasteiger partial charge in [-0.3, -0.25) is 5.43 Å². The first-order chi connectivity index (χ1) is 8.17. The molecule has 96 valence electrons. The fourth-order valence-electron chi connectivity index (χ4n) is 1.66. The van der Waals surface area contributed by atoms with E-state index in [1.165, 1.54) is 19.3 Å². The van der Waals surface area contributed by atoms with Crippen molar-refractivity contribution in [1.29, 1.82) is 0 Å². The number of rotatable bonds is 7. The van der Waals surface area contributed by atoms with Crippen LogP contribution in [0.2, 0.25) is 0 Å². The summed E-state index contributed by atoms with van der Waals surface area (Å²) in [6.07, 6.45) is 6.70. The Morgan fingerprint density at radius 1 is 1.41 bits per heavy atom. The number of unbranched alkanes of at least 4 members (excludes halogenated alkanes) is 2. The van der Waals surface area contributed by atoms with Gasteiger partial charge in [0.15, 0.2) is 0 Å². The smallest absolute Gasteiger partial charge is 0.239 e. The minimum Gasteiger partial charge on any atom is -0.367 e. The number of hydrogen-bond donors (Lipinski definition) is 3. The highest BCUT2D eigenvalue weighted by atomic mass is 15.3. The van der Waals surface area contributed by atoms with Crippen LogP contribution in [0.4, 0.5) is 11.8 Å². The zero-order valence-corrected chi connectivity index (χ0v) is 11.0. The summed E-state index contributed by atoms with van der Waals surface area (Å²) in [5, 5.41) is 3.40. The van der Waals surface area contributed by atoms with Crippen LogP contribution in [0.1, 0.15) is 45.1 Å². The van der Waals surface area contributed by atoms with Gasteiger partial charge in [0, 0.05) is 17.8 Å². The van der Waals surface area contributed by atoms with Crippen molar-refractivity contribution in [2.45, 2.75) is 52.5 Å². The van der Waals surface area contributed by atoms with Crippen LogP contribution in [0, 0.1) is 6.92 Å². The monoisotopic (exact) mass is 237 g/mol. The molecule has 4 N–H and O–H groups in total. The SMILES string of the molecule is CCCCCC(C)Nc1nc(NN)ncc1C. The van der Waals surface area contributed by atoms with Crippen molar-refractivity contribution in [2.75, 3.05) is 10.7 Å². The molecule has 5 heteroatoms. The predicted octanol–water partition coefficient (Wildman–Crippen LogP) is 2.45. The molecular formula is C12H23N5. The molecule has 0 fully saturated rings. The van der Waals surface area contributed by atoms with Crippen LogP contribution in [-0.2, 0) is 0 Å². The van der Waals surface area contributed by atoms with Crippen molar-refractivity contribution in [1.82, 2.24) is 9.97 Å². The van der Waals surface area contributed by atoms with Crippen LogP contribution in [0.5, 0.6) is 0 Å². The van der Waals surface area contributed by atoms with Crippen molar-refractivity contribution in [2.24, 2.45) is 5.84 Å². The molecule has 1 rings (SSSR count). The third-order valence-electron chi connectivity index (χ3n) is 2.72. The van der Waals surface area contributed by atoms with Gasteiger partial charge in [0.05, 0.1) is 0 Å². The van der Waals surface area contributed by atoms with Crippen molar-refractivity contribution < 1.29 is 0 Å². The first-order valence-corrected chi connectivity index (χ1v) is 6.24. The molecule has 0 aliphatic heterocycles. The van der Waals surface area contributed by atoms with Gasteiger partial charge in [-0.05, 0) is 20.3 Å². The molecular weight excluding hydrogens is 214 g/mol. The third kappa shape index (κ3) is 4.56. The number of anilines is 2. The molecule has 0 bridgehead atoms. The van der Waals surface area contributed by atoms with Crippen LogP contribution in [0.25, 0.3) is 0 Å². The summed E-state index contributed by atoms with van der Waals surface area (Å²) in [6, 6.07) is 0.417. The zero-order chi connectivity index (χ0) is 12.7. The fraction of sp³-hybridized carbons (Fsp3) is 0.667. The lowest BCUT2D eigenvalue weighted by Gasteiger charge is -2.16. The van der Waals surface area contributed by atoms with Crippen LogP contribution in [-0.4, -0.2) is 16.0 Å². The highest BCUT2D eigenvalue weighted by Gasteiger charge is 2.06. The topological polar surface area (TPSA) is 75.9 Å². The maximum absolute atomic E-state index is 5.30. The van der Waals surface area contributed by atoms with E-state index >= 15 is 0 Å². The minimum atomic E-state index is 0.417. The first-order valence-electron chi connectivity index (χ1n) is 6.24. The van der Waals surface area contributed by atoms with Crippen LogP contribution < -0.4 is 16.6 Å². The van der Waals surface area contributed by atoms with Gasteiger partial charge in [-0.25, -0.2) is 10.8 Å². The molecule has 1 aromatic heterocycles. The number of hydrazine groups is 1. The van der Waals surface area contributed by atoms with Gasteiger partial charge in [0.2, 0.25) is 5.95 Å². The average molecular weight is 237 g/mol. The highest BCUT2D eigenvalue weighted by molar-refractivity contribution is 5.46. The Balaban J connectivity index is 2.54. The summed E-state index contributed by atoms with van der Waals surface area (Å²) >= 11 is 0. The molecule has 0 spiro atoms. The first kappa shape index (κ1) is 13.7. The van der Waals surface area contributed by atoms with E-state index in [4.69, 9.17) is 5.84 Å². The summed E-state index contributed by atoms with van der Waals surface area (Å²) < 4.78 is 0. The normalized spacial score (nSPS) is 12.2. The van der Waals surface area contributed by atoms with E-state index in [0.29, 0.717) is 12.0 Å². The summed E-state index contributed by atoms with van der Waals surface area (Å²) in [5.41, 5.74) is 3.49. The second kappa shape index (κ2) is 7.06. The van der Waals surface area contributed by atoms with Crippen molar-refractivity contribution >= 4 is 11.8 Å². The quantitative estimate of drug-likeness (QED) is 0.386. The Morgan fingerprint density at radius 2 is 2.18 bits per heavy atom. The second-order valence-corrected chi connectivity index (χ2v) is 4.41. The molecule has 5 nitrogen and oxygen atoms in total. The standard InChI is InChI=1S/C12H23N5/c1-4-5-6-7-10(3)15-11-9(2)8-14-12(16-11)17-13/h8,10H,4-7,13H2,1-3H3,(H2,14,15,16,17). The largest absolute Gasteiger partial charge is 0.367 e. The number of hydrogen-bond acceptors (Lipinski definition) is 5. The molecule has 1 heterocycles. The molecule has 1 atom stereocenters. The average Bonchev–Trinajstić information content (AvgIpc) is 2.32. The van der Waals surface area contributed by atoms with E-state index < -0.39 is 0 Å². The Kier molecular flexibility index (Phi) is 5.69. The zero-order valence-electron chi connectivity index (χ0n) is 11.0. The van der Waals surface area contributed by atoms with Gasteiger partial charge in [-0.1, -0.05) is 26.2 Å². The molecule has 1 aromatic rings.